The van der Waals surface area contributed by atoms with E-state index in [9.17, 15) is 9.18 Å². The number of benzene rings is 1. The molecule has 3 aromatic rings. The summed E-state index contributed by atoms with van der Waals surface area (Å²) in [5.74, 6) is 0.239. The fourth-order valence-corrected chi connectivity index (χ4v) is 3.38. The first kappa shape index (κ1) is 19.0. The van der Waals surface area contributed by atoms with Crippen LogP contribution in [0.25, 0.3) is 11.4 Å². The summed E-state index contributed by atoms with van der Waals surface area (Å²) in [6.45, 7) is 4.63. The van der Waals surface area contributed by atoms with E-state index in [1.807, 2.05) is 16.7 Å². The number of rotatable bonds is 7. The average Bonchev–Trinajstić information content (AvgIpc) is 3.07. The van der Waals surface area contributed by atoms with E-state index < -0.39 is 0 Å². The van der Waals surface area contributed by atoms with Gasteiger partial charge in [-0.3, -0.25) is 9.78 Å². The lowest BCUT2D eigenvalue weighted by Gasteiger charge is -2.13. The van der Waals surface area contributed by atoms with Crippen molar-refractivity contribution in [1.29, 1.82) is 0 Å². The van der Waals surface area contributed by atoms with Crippen molar-refractivity contribution in [3.8, 4) is 11.4 Å². The monoisotopic (exact) mass is 385 g/mol. The lowest BCUT2D eigenvalue weighted by Crippen LogP contribution is -2.23. The first-order valence-electron chi connectivity index (χ1n) is 8.65. The van der Waals surface area contributed by atoms with Crippen LogP contribution in [0, 0.1) is 5.82 Å². The molecule has 0 fully saturated rings. The molecule has 0 aliphatic rings. The molecule has 0 saturated heterocycles. The maximum Gasteiger partial charge on any atom is 0.237 e. The van der Waals surface area contributed by atoms with E-state index in [2.05, 4.69) is 27.4 Å². The van der Waals surface area contributed by atoms with Crippen LogP contribution in [-0.4, -0.2) is 30.9 Å². The molecule has 0 bridgehead atoms. The van der Waals surface area contributed by atoms with Gasteiger partial charge in [-0.2, -0.15) is 0 Å². The molecule has 1 aromatic carbocycles. The highest BCUT2D eigenvalue weighted by atomic mass is 32.2. The van der Waals surface area contributed by atoms with Crippen LogP contribution in [0.15, 0.2) is 53.9 Å². The third-order valence-corrected chi connectivity index (χ3v) is 4.95. The zero-order valence-corrected chi connectivity index (χ0v) is 15.9. The second kappa shape index (κ2) is 8.77. The van der Waals surface area contributed by atoms with E-state index in [1.165, 1.54) is 36.0 Å². The Morgan fingerprint density at radius 2 is 1.89 bits per heavy atom. The molecule has 0 aliphatic heterocycles. The number of aromatic nitrogens is 4. The van der Waals surface area contributed by atoms with Gasteiger partial charge in [0.2, 0.25) is 5.91 Å². The van der Waals surface area contributed by atoms with E-state index in [-0.39, 0.29) is 17.0 Å². The molecule has 140 valence electrons. The minimum Gasteiger partial charge on any atom is -0.325 e. The summed E-state index contributed by atoms with van der Waals surface area (Å²) >= 11 is 1.34. The molecule has 1 N–H and O–H groups in total. The molecule has 0 spiro atoms. The smallest absolute Gasteiger partial charge is 0.237 e. The van der Waals surface area contributed by atoms with Gasteiger partial charge in [0.15, 0.2) is 11.0 Å². The van der Waals surface area contributed by atoms with Gasteiger partial charge in [-0.1, -0.05) is 18.7 Å². The minimum atomic E-state index is -0.389. The van der Waals surface area contributed by atoms with Crippen LogP contribution in [0.1, 0.15) is 20.3 Å². The quantitative estimate of drug-likeness (QED) is 0.622. The Kier molecular flexibility index (Phi) is 6.18. The summed E-state index contributed by atoms with van der Waals surface area (Å²) in [4.78, 5) is 16.5. The SMILES string of the molecule is CCCn1c(S[C@H](C)C(=O)Nc2ccc(F)cc2)nnc1-c1ccncc1. The van der Waals surface area contributed by atoms with Gasteiger partial charge in [-0.05, 0) is 49.7 Å². The maximum absolute atomic E-state index is 13.0. The number of carbonyl (C=O) groups is 1. The zero-order chi connectivity index (χ0) is 19.2. The number of hydrogen-bond acceptors (Lipinski definition) is 5. The highest BCUT2D eigenvalue weighted by Gasteiger charge is 2.20. The van der Waals surface area contributed by atoms with Crippen molar-refractivity contribution >= 4 is 23.4 Å². The Labute approximate surface area is 161 Å². The molecule has 1 amide bonds. The highest BCUT2D eigenvalue weighted by molar-refractivity contribution is 8.00. The number of nitrogens with one attached hydrogen (secondary N) is 1. The summed E-state index contributed by atoms with van der Waals surface area (Å²) in [5.41, 5.74) is 1.49. The van der Waals surface area contributed by atoms with Crippen LogP contribution >= 0.6 is 11.8 Å². The fourth-order valence-electron chi connectivity index (χ4n) is 2.50. The first-order valence-corrected chi connectivity index (χ1v) is 9.53. The Morgan fingerprint density at radius 3 is 2.56 bits per heavy atom. The van der Waals surface area contributed by atoms with Crippen molar-refractivity contribution in [3.63, 3.8) is 0 Å². The second-order valence-electron chi connectivity index (χ2n) is 5.95. The predicted molar refractivity (Wildman–Crippen MR) is 104 cm³/mol. The molecule has 27 heavy (non-hydrogen) atoms. The number of nitrogens with zero attached hydrogens (tertiary/aromatic N) is 4. The fraction of sp³-hybridized carbons (Fsp3) is 0.263. The molecule has 8 heteroatoms. The van der Waals surface area contributed by atoms with Crippen molar-refractivity contribution in [2.45, 2.75) is 37.2 Å². The normalized spacial score (nSPS) is 12.0. The van der Waals surface area contributed by atoms with Crippen LogP contribution < -0.4 is 5.32 Å². The second-order valence-corrected chi connectivity index (χ2v) is 7.26. The molecular weight excluding hydrogens is 365 g/mol. The molecule has 2 aromatic heterocycles. The summed E-state index contributed by atoms with van der Waals surface area (Å²) in [6.07, 6.45) is 4.34. The van der Waals surface area contributed by atoms with Crippen molar-refractivity contribution in [2.24, 2.45) is 0 Å². The first-order chi connectivity index (χ1) is 13.1. The Morgan fingerprint density at radius 1 is 1.19 bits per heavy atom. The Hall–Kier alpha value is -2.74. The lowest BCUT2D eigenvalue weighted by atomic mass is 10.2. The van der Waals surface area contributed by atoms with Gasteiger partial charge in [0.1, 0.15) is 5.82 Å². The highest BCUT2D eigenvalue weighted by Crippen LogP contribution is 2.27. The number of thioether (sulfide) groups is 1. The van der Waals surface area contributed by atoms with Crippen molar-refractivity contribution in [2.75, 3.05) is 5.32 Å². The number of amides is 1. The van der Waals surface area contributed by atoms with Gasteiger partial charge in [-0.15, -0.1) is 10.2 Å². The summed E-state index contributed by atoms with van der Waals surface area (Å²) < 4.78 is 15.0. The van der Waals surface area contributed by atoms with Crippen LogP contribution in [0.2, 0.25) is 0 Å². The number of halogens is 1. The maximum atomic E-state index is 13.0. The topological polar surface area (TPSA) is 72.7 Å². The van der Waals surface area contributed by atoms with E-state index >= 15 is 0 Å². The van der Waals surface area contributed by atoms with Crippen LogP contribution in [0.3, 0.4) is 0 Å². The molecule has 2 heterocycles. The zero-order valence-electron chi connectivity index (χ0n) is 15.1. The molecule has 0 aliphatic carbocycles. The van der Waals surface area contributed by atoms with Crippen LogP contribution in [0.4, 0.5) is 10.1 Å². The molecule has 0 radical (unpaired) electrons. The molecular formula is C19H20FN5OS. The van der Waals surface area contributed by atoms with E-state index in [4.69, 9.17) is 0 Å². The van der Waals surface area contributed by atoms with Crippen LogP contribution in [0.5, 0.6) is 0 Å². The lowest BCUT2D eigenvalue weighted by molar-refractivity contribution is -0.115. The van der Waals surface area contributed by atoms with Gasteiger partial charge in [0.05, 0.1) is 5.25 Å². The Bertz CT molecular complexity index is 898. The van der Waals surface area contributed by atoms with Crippen molar-refractivity contribution < 1.29 is 9.18 Å². The molecule has 6 nitrogen and oxygen atoms in total. The third-order valence-electron chi connectivity index (χ3n) is 3.87. The summed E-state index contributed by atoms with van der Waals surface area (Å²) in [7, 11) is 0. The van der Waals surface area contributed by atoms with E-state index in [1.54, 1.807) is 19.3 Å². The number of hydrogen-bond donors (Lipinski definition) is 1. The van der Waals surface area contributed by atoms with Crippen molar-refractivity contribution in [3.05, 3.63) is 54.6 Å². The molecule has 1 atom stereocenters. The average molecular weight is 385 g/mol. The van der Waals surface area contributed by atoms with Gasteiger partial charge in [0.25, 0.3) is 0 Å². The van der Waals surface area contributed by atoms with Gasteiger partial charge >= 0.3 is 0 Å². The van der Waals surface area contributed by atoms with Crippen molar-refractivity contribution in [1.82, 2.24) is 19.7 Å². The molecule has 0 saturated carbocycles. The van der Waals surface area contributed by atoms with Gasteiger partial charge in [0, 0.05) is 30.2 Å². The van der Waals surface area contributed by atoms with E-state index in [0.717, 1.165) is 24.4 Å². The van der Waals surface area contributed by atoms with Gasteiger partial charge < -0.3 is 9.88 Å². The van der Waals surface area contributed by atoms with Gasteiger partial charge in [-0.25, -0.2) is 4.39 Å². The molecule has 0 unspecified atom stereocenters. The van der Waals surface area contributed by atoms with E-state index in [0.29, 0.717) is 10.8 Å². The Balaban J connectivity index is 1.75. The van der Waals surface area contributed by atoms with Crippen LogP contribution in [-0.2, 0) is 11.3 Å². The summed E-state index contributed by atoms with van der Waals surface area (Å²) in [6, 6.07) is 9.46. The largest absolute Gasteiger partial charge is 0.325 e. The number of carbonyl (C=O) groups excluding carboxylic acids is 1. The standard InChI is InChI=1S/C19H20FN5OS/c1-3-12-25-17(14-8-10-21-11-9-14)23-24-19(25)27-13(2)18(26)22-16-6-4-15(20)5-7-16/h4-11,13H,3,12H2,1-2H3,(H,22,26)/t13-/m1/s1. The third kappa shape index (κ3) is 4.71. The number of pyridine rings is 1. The minimum absolute atomic E-state index is 0.178. The number of anilines is 1. The summed E-state index contributed by atoms with van der Waals surface area (Å²) in [5, 5.41) is 11.7. The predicted octanol–water partition coefficient (Wildman–Crippen LogP) is 4.01. The molecule has 3 rings (SSSR count).